The van der Waals surface area contributed by atoms with Crippen molar-refractivity contribution in [2.75, 3.05) is 26.7 Å². The van der Waals surface area contributed by atoms with Gasteiger partial charge in [-0.05, 0) is 44.0 Å². The highest BCUT2D eigenvalue weighted by atomic mass is 19.1. The highest BCUT2D eigenvalue weighted by Gasteiger charge is 2.18. The molecule has 2 aromatic rings. The Labute approximate surface area is 129 Å². The molecular formula is C17H21FN2O2. The number of halogens is 1. The Kier molecular flexibility index (Phi) is 4.55. The molecule has 1 saturated heterocycles. The first-order valence-corrected chi connectivity index (χ1v) is 7.69. The standard InChI is InChI=1S/C17H21FN2O2/c1-22-13-4-5-17-15(9-13)14(16(18)10-19-17)6-8-20-7-2-3-12(21)11-20/h4-5,9-10,12,21H,2-3,6-8,11H2,1H3. The number of aromatic nitrogens is 1. The maximum Gasteiger partial charge on any atom is 0.145 e. The Morgan fingerprint density at radius 2 is 2.32 bits per heavy atom. The molecule has 0 spiro atoms. The third-order valence-corrected chi connectivity index (χ3v) is 4.29. The van der Waals surface area contributed by atoms with Crippen LogP contribution < -0.4 is 4.74 Å². The SMILES string of the molecule is COc1ccc2ncc(F)c(CCN3CCCC(O)C3)c2c1. The number of methoxy groups -OCH3 is 1. The molecule has 1 unspecified atom stereocenters. The van der Waals surface area contributed by atoms with Gasteiger partial charge in [0.15, 0.2) is 0 Å². The number of piperidine rings is 1. The number of β-amino-alcohol motifs (C(OH)–C–C–N with tert-alkyl or cyclic N) is 1. The van der Waals surface area contributed by atoms with Crippen LogP contribution in [0.1, 0.15) is 18.4 Å². The van der Waals surface area contributed by atoms with Crippen molar-refractivity contribution in [3.8, 4) is 5.75 Å². The van der Waals surface area contributed by atoms with E-state index in [0.29, 0.717) is 24.3 Å². The monoisotopic (exact) mass is 304 g/mol. The number of likely N-dealkylation sites (tertiary alicyclic amines) is 1. The van der Waals surface area contributed by atoms with E-state index in [4.69, 9.17) is 4.74 Å². The summed E-state index contributed by atoms with van der Waals surface area (Å²) < 4.78 is 19.4. The number of aliphatic hydroxyl groups excluding tert-OH is 1. The van der Waals surface area contributed by atoms with Gasteiger partial charge < -0.3 is 14.7 Å². The lowest BCUT2D eigenvalue weighted by Crippen LogP contribution is -2.39. The molecule has 1 aliphatic heterocycles. The summed E-state index contributed by atoms with van der Waals surface area (Å²) in [6.45, 7) is 2.38. The van der Waals surface area contributed by atoms with Crippen LogP contribution in [-0.4, -0.2) is 47.8 Å². The van der Waals surface area contributed by atoms with E-state index in [1.165, 1.54) is 6.20 Å². The Hall–Kier alpha value is -1.72. The molecule has 1 N–H and O–H groups in total. The molecule has 5 heteroatoms. The van der Waals surface area contributed by atoms with Crippen molar-refractivity contribution >= 4 is 10.9 Å². The van der Waals surface area contributed by atoms with Crippen LogP contribution in [0.3, 0.4) is 0 Å². The van der Waals surface area contributed by atoms with Crippen LogP contribution in [0.15, 0.2) is 24.4 Å². The summed E-state index contributed by atoms with van der Waals surface area (Å²) in [6.07, 6.45) is 3.49. The molecular weight excluding hydrogens is 283 g/mol. The second kappa shape index (κ2) is 6.58. The van der Waals surface area contributed by atoms with Gasteiger partial charge in [-0.2, -0.15) is 0 Å². The van der Waals surface area contributed by atoms with Gasteiger partial charge in [0.25, 0.3) is 0 Å². The van der Waals surface area contributed by atoms with Gasteiger partial charge >= 0.3 is 0 Å². The quantitative estimate of drug-likeness (QED) is 0.942. The summed E-state index contributed by atoms with van der Waals surface area (Å²) in [6, 6.07) is 5.52. The van der Waals surface area contributed by atoms with Gasteiger partial charge in [0.2, 0.25) is 0 Å². The van der Waals surface area contributed by atoms with Crippen LogP contribution in [0.4, 0.5) is 4.39 Å². The number of hydrogen-bond acceptors (Lipinski definition) is 4. The minimum atomic E-state index is -0.279. The number of fused-ring (bicyclic) bond motifs is 1. The summed E-state index contributed by atoms with van der Waals surface area (Å²) in [5.74, 6) is 0.424. The lowest BCUT2D eigenvalue weighted by molar-refractivity contribution is 0.0713. The van der Waals surface area contributed by atoms with Gasteiger partial charge in [-0.25, -0.2) is 4.39 Å². The molecule has 22 heavy (non-hydrogen) atoms. The molecule has 2 heterocycles. The van der Waals surface area contributed by atoms with E-state index in [1.54, 1.807) is 7.11 Å². The number of aliphatic hydroxyl groups is 1. The third kappa shape index (κ3) is 3.20. The van der Waals surface area contributed by atoms with Crippen molar-refractivity contribution in [3.63, 3.8) is 0 Å². The fourth-order valence-corrected chi connectivity index (χ4v) is 3.09. The summed E-state index contributed by atoms with van der Waals surface area (Å²) in [4.78, 5) is 6.33. The molecule has 118 valence electrons. The predicted octanol–water partition coefficient (Wildman–Crippen LogP) is 2.38. The maximum absolute atomic E-state index is 14.2. The van der Waals surface area contributed by atoms with E-state index in [0.717, 1.165) is 36.8 Å². The van der Waals surface area contributed by atoms with Crippen molar-refractivity contribution in [1.29, 1.82) is 0 Å². The molecule has 1 fully saturated rings. The maximum atomic E-state index is 14.2. The van der Waals surface area contributed by atoms with Gasteiger partial charge in [-0.3, -0.25) is 4.98 Å². The van der Waals surface area contributed by atoms with Gasteiger partial charge in [0, 0.05) is 24.0 Å². The minimum absolute atomic E-state index is 0.257. The van der Waals surface area contributed by atoms with Crippen LogP contribution in [0.25, 0.3) is 10.9 Å². The molecule has 1 aliphatic rings. The number of pyridine rings is 1. The first-order valence-electron chi connectivity index (χ1n) is 7.69. The number of nitrogens with zero attached hydrogens (tertiary/aromatic N) is 2. The number of rotatable bonds is 4. The molecule has 0 aliphatic carbocycles. The van der Waals surface area contributed by atoms with Crippen LogP contribution >= 0.6 is 0 Å². The first kappa shape index (κ1) is 15.2. The summed E-state index contributed by atoms with van der Waals surface area (Å²) in [5.41, 5.74) is 1.44. The molecule has 1 aromatic heterocycles. The molecule has 0 amide bonds. The Morgan fingerprint density at radius 1 is 1.45 bits per heavy atom. The van der Waals surface area contributed by atoms with Gasteiger partial charge in [-0.1, -0.05) is 0 Å². The number of benzene rings is 1. The van der Waals surface area contributed by atoms with Crippen LogP contribution in [0, 0.1) is 5.82 Å². The van der Waals surface area contributed by atoms with Crippen molar-refractivity contribution in [2.24, 2.45) is 0 Å². The highest BCUT2D eigenvalue weighted by molar-refractivity contribution is 5.83. The van der Waals surface area contributed by atoms with Gasteiger partial charge in [-0.15, -0.1) is 0 Å². The number of ether oxygens (including phenoxy) is 1. The van der Waals surface area contributed by atoms with Crippen molar-refractivity contribution in [3.05, 3.63) is 35.8 Å². The molecule has 4 nitrogen and oxygen atoms in total. The Bertz CT molecular complexity index is 662. The van der Waals surface area contributed by atoms with Gasteiger partial charge in [0.05, 0.1) is 24.9 Å². The Balaban J connectivity index is 1.83. The summed E-state index contributed by atoms with van der Waals surface area (Å²) in [7, 11) is 1.60. The third-order valence-electron chi connectivity index (χ3n) is 4.29. The second-order valence-electron chi connectivity index (χ2n) is 5.81. The van der Waals surface area contributed by atoms with E-state index in [2.05, 4.69) is 9.88 Å². The average molecular weight is 304 g/mol. The molecule has 1 aromatic carbocycles. The smallest absolute Gasteiger partial charge is 0.145 e. The lowest BCUT2D eigenvalue weighted by atomic mass is 10.0. The molecule has 0 radical (unpaired) electrons. The summed E-state index contributed by atoms with van der Waals surface area (Å²) >= 11 is 0. The normalized spacial score (nSPS) is 19.5. The minimum Gasteiger partial charge on any atom is -0.497 e. The van der Waals surface area contributed by atoms with Crippen LogP contribution in [0.2, 0.25) is 0 Å². The van der Waals surface area contributed by atoms with Crippen LogP contribution in [0.5, 0.6) is 5.75 Å². The molecule has 1 atom stereocenters. The van der Waals surface area contributed by atoms with Crippen molar-refractivity contribution in [1.82, 2.24) is 9.88 Å². The van der Waals surface area contributed by atoms with E-state index < -0.39 is 0 Å². The molecule has 3 rings (SSSR count). The molecule has 0 saturated carbocycles. The molecule has 0 bridgehead atoms. The van der Waals surface area contributed by atoms with E-state index in [-0.39, 0.29) is 11.9 Å². The van der Waals surface area contributed by atoms with Crippen molar-refractivity contribution < 1.29 is 14.2 Å². The topological polar surface area (TPSA) is 45.6 Å². The predicted molar refractivity (Wildman–Crippen MR) is 83.6 cm³/mol. The average Bonchev–Trinajstić information content (AvgIpc) is 2.53. The van der Waals surface area contributed by atoms with E-state index in [9.17, 15) is 9.50 Å². The fourth-order valence-electron chi connectivity index (χ4n) is 3.09. The van der Waals surface area contributed by atoms with Crippen molar-refractivity contribution in [2.45, 2.75) is 25.4 Å². The second-order valence-corrected chi connectivity index (χ2v) is 5.81. The van der Waals surface area contributed by atoms with Gasteiger partial charge in [0.1, 0.15) is 11.6 Å². The largest absolute Gasteiger partial charge is 0.497 e. The number of hydrogen-bond donors (Lipinski definition) is 1. The van der Waals surface area contributed by atoms with Crippen LogP contribution in [-0.2, 0) is 6.42 Å². The highest BCUT2D eigenvalue weighted by Crippen LogP contribution is 2.25. The zero-order chi connectivity index (χ0) is 15.5. The van der Waals surface area contributed by atoms with E-state index >= 15 is 0 Å². The zero-order valence-electron chi connectivity index (χ0n) is 12.8. The Morgan fingerprint density at radius 3 is 3.09 bits per heavy atom. The summed E-state index contributed by atoms with van der Waals surface area (Å²) in [5, 5.41) is 10.5. The fraction of sp³-hybridized carbons (Fsp3) is 0.471. The zero-order valence-corrected chi connectivity index (χ0v) is 12.8. The first-order chi connectivity index (χ1) is 10.7. The van der Waals surface area contributed by atoms with E-state index in [1.807, 2.05) is 18.2 Å². The lowest BCUT2D eigenvalue weighted by Gasteiger charge is -2.30.